The van der Waals surface area contributed by atoms with Gasteiger partial charge in [0.05, 0.1) is 5.56 Å². The van der Waals surface area contributed by atoms with E-state index < -0.39 is 0 Å². The third kappa shape index (κ3) is 3.70. The molecule has 4 heteroatoms. The van der Waals surface area contributed by atoms with E-state index in [1.807, 2.05) is 24.3 Å². The van der Waals surface area contributed by atoms with Crippen molar-refractivity contribution in [3.05, 3.63) is 29.8 Å². The molecule has 0 spiro atoms. The van der Waals surface area contributed by atoms with Gasteiger partial charge in [-0.25, -0.2) is 0 Å². The molecule has 1 aromatic rings. The van der Waals surface area contributed by atoms with Crippen molar-refractivity contribution in [2.24, 2.45) is 5.92 Å². The van der Waals surface area contributed by atoms with Crippen LogP contribution in [0, 0.1) is 5.92 Å². The first-order chi connectivity index (χ1) is 9.18. The van der Waals surface area contributed by atoms with Gasteiger partial charge in [0.15, 0.2) is 0 Å². The van der Waals surface area contributed by atoms with Crippen LogP contribution in [0.4, 0.5) is 5.69 Å². The molecule has 0 unspecified atom stereocenters. The maximum Gasteiger partial charge on any atom is 0.255 e. The number of nitrogens with one attached hydrogen (secondary N) is 2. The predicted octanol–water partition coefficient (Wildman–Crippen LogP) is 1.80. The molecule has 0 aliphatic carbocycles. The van der Waals surface area contributed by atoms with E-state index in [1.165, 1.54) is 12.8 Å². The Labute approximate surface area is 115 Å². The zero-order valence-corrected chi connectivity index (χ0v) is 11.8. The van der Waals surface area contributed by atoms with E-state index in [0.29, 0.717) is 5.92 Å². The van der Waals surface area contributed by atoms with Crippen molar-refractivity contribution < 1.29 is 4.79 Å². The van der Waals surface area contributed by atoms with E-state index >= 15 is 0 Å². The van der Waals surface area contributed by atoms with Crippen LogP contribution < -0.4 is 10.6 Å². The lowest BCUT2D eigenvalue weighted by atomic mass is 9.98. The van der Waals surface area contributed by atoms with Gasteiger partial charge in [0, 0.05) is 26.3 Å². The first-order valence-electron chi connectivity index (χ1n) is 6.93. The monoisotopic (exact) mass is 261 g/mol. The Kier molecular flexibility index (Phi) is 4.80. The molecule has 1 saturated heterocycles. The standard InChI is InChI=1S/C15H23N3O/c1-18(2)15(19)13-5-3-4-6-14(13)17-11-12-7-9-16-10-8-12/h3-6,12,16-17H,7-11H2,1-2H3. The van der Waals surface area contributed by atoms with Crippen molar-refractivity contribution in [3.63, 3.8) is 0 Å². The molecule has 0 atom stereocenters. The van der Waals surface area contributed by atoms with E-state index in [4.69, 9.17) is 0 Å². The molecule has 19 heavy (non-hydrogen) atoms. The fourth-order valence-electron chi connectivity index (χ4n) is 2.40. The molecule has 1 aliphatic heterocycles. The van der Waals surface area contributed by atoms with Gasteiger partial charge in [0.1, 0.15) is 0 Å². The molecule has 0 aromatic heterocycles. The van der Waals surface area contributed by atoms with Gasteiger partial charge in [0.2, 0.25) is 0 Å². The molecule has 1 amide bonds. The van der Waals surface area contributed by atoms with Crippen molar-refractivity contribution in [1.29, 1.82) is 0 Å². The Balaban J connectivity index is 2.01. The van der Waals surface area contributed by atoms with Crippen LogP contribution in [0.25, 0.3) is 0 Å². The van der Waals surface area contributed by atoms with Crippen LogP contribution in [-0.2, 0) is 0 Å². The van der Waals surface area contributed by atoms with Crippen molar-refractivity contribution in [2.75, 3.05) is 39.0 Å². The molecule has 0 saturated carbocycles. The number of amides is 1. The summed E-state index contributed by atoms with van der Waals surface area (Å²) in [4.78, 5) is 13.7. The zero-order chi connectivity index (χ0) is 13.7. The highest BCUT2D eigenvalue weighted by molar-refractivity contribution is 5.99. The minimum absolute atomic E-state index is 0.0495. The molecule has 1 aromatic carbocycles. The average molecular weight is 261 g/mol. The minimum atomic E-state index is 0.0495. The number of hydrogen-bond donors (Lipinski definition) is 2. The summed E-state index contributed by atoms with van der Waals surface area (Å²) in [5.74, 6) is 0.747. The lowest BCUT2D eigenvalue weighted by molar-refractivity contribution is 0.0828. The van der Waals surface area contributed by atoms with Crippen molar-refractivity contribution in [3.8, 4) is 0 Å². The van der Waals surface area contributed by atoms with Gasteiger partial charge in [-0.1, -0.05) is 12.1 Å². The molecular formula is C15H23N3O. The Bertz CT molecular complexity index is 425. The lowest BCUT2D eigenvalue weighted by Gasteiger charge is -2.24. The number of piperidine rings is 1. The molecule has 2 rings (SSSR count). The summed E-state index contributed by atoms with van der Waals surface area (Å²) in [6.07, 6.45) is 2.41. The highest BCUT2D eigenvalue weighted by Crippen LogP contribution is 2.19. The van der Waals surface area contributed by atoms with Crippen LogP contribution in [0.15, 0.2) is 24.3 Å². The molecule has 0 bridgehead atoms. The maximum absolute atomic E-state index is 12.1. The maximum atomic E-state index is 12.1. The van der Waals surface area contributed by atoms with Gasteiger partial charge in [-0.05, 0) is 44.0 Å². The van der Waals surface area contributed by atoms with Crippen LogP contribution in [0.2, 0.25) is 0 Å². The first-order valence-corrected chi connectivity index (χ1v) is 6.93. The van der Waals surface area contributed by atoms with Crippen LogP contribution in [0.3, 0.4) is 0 Å². The largest absolute Gasteiger partial charge is 0.384 e. The number of benzene rings is 1. The molecule has 2 N–H and O–H groups in total. The molecule has 1 heterocycles. The van der Waals surface area contributed by atoms with Crippen LogP contribution in [0.1, 0.15) is 23.2 Å². The second-order valence-electron chi connectivity index (χ2n) is 5.32. The summed E-state index contributed by atoms with van der Waals surface area (Å²) in [5, 5.41) is 6.81. The number of rotatable bonds is 4. The molecular weight excluding hydrogens is 238 g/mol. The summed E-state index contributed by atoms with van der Waals surface area (Å²) >= 11 is 0. The third-order valence-electron chi connectivity index (χ3n) is 3.60. The number of hydrogen-bond acceptors (Lipinski definition) is 3. The van der Waals surface area contributed by atoms with Gasteiger partial charge < -0.3 is 15.5 Å². The van der Waals surface area contributed by atoms with Gasteiger partial charge in [-0.15, -0.1) is 0 Å². The van der Waals surface area contributed by atoms with Gasteiger partial charge >= 0.3 is 0 Å². The number of carbonyl (C=O) groups is 1. The highest BCUT2D eigenvalue weighted by Gasteiger charge is 2.15. The van der Waals surface area contributed by atoms with Crippen LogP contribution >= 0.6 is 0 Å². The van der Waals surface area contributed by atoms with Crippen molar-refractivity contribution >= 4 is 11.6 Å². The van der Waals surface area contributed by atoms with Crippen LogP contribution in [0.5, 0.6) is 0 Å². The quantitative estimate of drug-likeness (QED) is 0.868. The zero-order valence-electron chi connectivity index (χ0n) is 11.8. The van der Waals surface area contributed by atoms with Gasteiger partial charge in [-0.3, -0.25) is 4.79 Å². The summed E-state index contributed by atoms with van der Waals surface area (Å²) < 4.78 is 0. The second-order valence-corrected chi connectivity index (χ2v) is 5.32. The topological polar surface area (TPSA) is 44.4 Å². The fraction of sp³-hybridized carbons (Fsp3) is 0.533. The van der Waals surface area contributed by atoms with E-state index in [1.54, 1.807) is 19.0 Å². The van der Waals surface area contributed by atoms with E-state index in [9.17, 15) is 4.79 Å². The molecule has 4 nitrogen and oxygen atoms in total. The molecule has 104 valence electrons. The number of nitrogens with zero attached hydrogens (tertiary/aromatic N) is 1. The van der Waals surface area contributed by atoms with Crippen molar-refractivity contribution in [1.82, 2.24) is 10.2 Å². The SMILES string of the molecule is CN(C)C(=O)c1ccccc1NCC1CCNCC1. The van der Waals surface area contributed by atoms with Gasteiger partial charge in [-0.2, -0.15) is 0 Å². The summed E-state index contributed by atoms with van der Waals surface area (Å²) in [6, 6.07) is 7.74. The minimum Gasteiger partial charge on any atom is -0.384 e. The summed E-state index contributed by atoms with van der Waals surface area (Å²) in [7, 11) is 3.57. The Morgan fingerprint density at radius 2 is 2.00 bits per heavy atom. The summed E-state index contributed by atoms with van der Waals surface area (Å²) in [5.41, 5.74) is 1.70. The first kappa shape index (κ1) is 13.9. The van der Waals surface area contributed by atoms with E-state index in [-0.39, 0.29) is 5.91 Å². The number of carbonyl (C=O) groups excluding carboxylic acids is 1. The predicted molar refractivity (Wildman–Crippen MR) is 78.5 cm³/mol. The van der Waals surface area contributed by atoms with Gasteiger partial charge in [0.25, 0.3) is 5.91 Å². The molecule has 1 fully saturated rings. The molecule has 1 aliphatic rings. The van der Waals surface area contributed by atoms with Crippen molar-refractivity contribution in [2.45, 2.75) is 12.8 Å². The average Bonchev–Trinajstić information content (AvgIpc) is 2.45. The van der Waals surface area contributed by atoms with E-state index in [0.717, 1.165) is 30.9 Å². The Morgan fingerprint density at radius 3 is 2.68 bits per heavy atom. The molecule has 0 radical (unpaired) electrons. The smallest absolute Gasteiger partial charge is 0.255 e. The summed E-state index contributed by atoms with van der Waals surface area (Å²) in [6.45, 7) is 3.15. The van der Waals surface area contributed by atoms with Crippen LogP contribution in [-0.4, -0.2) is 44.5 Å². The van der Waals surface area contributed by atoms with E-state index in [2.05, 4.69) is 10.6 Å². The number of anilines is 1. The normalized spacial score (nSPS) is 16.1. The lowest BCUT2D eigenvalue weighted by Crippen LogP contribution is -2.31. The second kappa shape index (κ2) is 6.57. The highest BCUT2D eigenvalue weighted by atomic mass is 16.2. The third-order valence-corrected chi connectivity index (χ3v) is 3.60. The Morgan fingerprint density at radius 1 is 1.32 bits per heavy atom. The Hall–Kier alpha value is -1.55. The fourth-order valence-corrected chi connectivity index (χ4v) is 2.40. The number of para-hydroxylation sites is 1.